The van der Waals surface area contributed by atoms with Gasteiger partial charge in [-0.15, -0.1) is 24.0 Å². The summed E-state index contributed by atoms with van der Waals surface area (Å²) in [6.45, 7) is 0.333. The first kappa shape index (κ1) is 26.8. The Morgan fingerprint density at radius 3 is 2.70 bits per heavy atom. The van der Waals surface area contributed by atoms with Crippen LogP contribution in [0.15, 0.2) is 47.5 Å². The van der Waals surface area contributed by atoms with Crippen LogP contribution in [0.5, 0.6) is 5.75 Å². The SMILES string of the molecule is CN=C(NCc1cccc(NC(=O)C2CCCO2)c1)NCc1cc(C)ccc1OC(F)F.I. The van der Waals surface area contributed by atoms with E-state index in [-0.39, 0.29) is 48.3 Å². The van der Waals surface area contributed by atoms with Gasteiger partial charge in [-0.05, 0) is 43.5 Å². The molecule has 10 heteroatoms. The van der Waals surface area contributed by atoms with Crippen LogP contribution in [-0.4, -0.2) is 38.2 Å². The second-order valence-electron chi connectivity index (χ2n) is 7.46. The number of rotatable bonds is 8. The molecular formula is C23H29F2IN4O3. The highest BCUT2D eigenvalue weighted by Gasteiger charge is 2.23. The molecule has 1 aliphatic heterocycles. The van der Waals surface area contributed by atoms with E-state index in [9.17, 15) is 13.6 Å². The molecule has 1 atom stereocenters. The average molecular weight is 574 g/mol. The van der Waals surface area contributed by atoms with Crippen molar-refractivity contribution in [2.75, 3.05) is 19.0 Å². The Morgan fingerprint density at radius 2 is 2.00 bits per heavy atom. The standard InChI is InChI=1S/C23H28F2N4O3.HI/c1-15-8-9-19(32-22(24)25)17(11-15)14-28-23(26-2)27-13-16-5-3-6-18(12-16)29-21(30)20-7-4-10-31-20;/h3,5-6,8-9,11-12,20,22H,4,7,10,13-14H2,1-2H3,(H,29,30)(H2,26,27,28);1H. The molecule has 1 aliphatic rings. The number of aryl methyl sites for hydroxylation is 1. The van der Waals surface area contributed by atoms with Crippen molar-refractivity contribution in [1.82, 2.24) is 10.6 Å². The minimum absolute atomic E-state index is 0. The molecule has 2 aromatic carbocycles. The molecule has 0 saturated carbocycles. The normalized spacial score (nSPS) is 15.7. The molecular weight excluding hydrogens is 545 g/mol. The summed E-state index contributed by atoms with van der Waals surface area (Å²) in [6.07, 6.45) is 1.24. The molecule has 0 spiro atoms. The molecule has 33 heavy (non-hydrogen) atoms. The van der Waals surface area contributed by atoms with Crippen molar-refractivity contribution in [3.8, 4) is 5.75 Å². The Bertz CT molecular complexity index is 953. The molecule has 0 radical (unpaired) electrons. The Morgan fingerprint density at radius 1 is 1.21 bits per heavy atom. The first-order chi connectivity index (χ1) is 15.4. The number of aliphatic imine (C=N–C) groups is 1. The predicted octanol–water partition coefficient (Wildman–Crippen LogP) is 4.20. The molecule has 2 aromatic rings. The van der Waals surface area contributed by atoms with Crippen molar-refractivity contribution in [3.05, 3.63) is 59.2 Å². The van der Waals surface area contributed by atoms with Gasteiger partial charge in [-0.3, -0.25) is 9.79 Å². The summed E-state index contributed by atoms with van der Waals surface area (Å²) in [5.74, 6) is 0.497. The zero-order chi connectivity index (χ0) is 22.9. The maximum absolute atomic E-state index is 12.7. The third-order valence-corrected chi connectivity index (χ3v) is 4.98. The van der Waals surface area contributed by atoms with Gasteiger partial charge in [-0.2, -0.15) is 8.78 Å². The Balaban J connectivity index is 0.00000385. The Hall–Kier alpha value is -2.47. The van der Waals surface area contributed by atoms with E-state index in [0.717, 1.165) is 24.0 Å². The molecule has 180 valence electrons. The lowest BCUT2D eigenvalue weighted by Gasteiger charge is -2.16. The van der Waals surface area contributed by atoms with E-state index < -0.39 is 6.61 Å². The Labute approximate surface area is 209 Å². The van der Waals surface area contributed by atoms with Gasteiger partial charge in [0.25, 0.3) is 5.91 Å². The fraction of sp³-hybridized carbons (Fsp3) is 0.391. The van der Waals surface area contributed by atoms with Gasteiger partial charge in [0.2, 0.25) is 0 Å². The lowest BCUT2D eigenvalue weighted by molar-refractivity contribution is -0.124. The zero-order valence-corrected chi connectivity index (χ0v) is 20.9. The van der Waals surface area contributed by atoms with Crippen LogP contribution < -0.4 is 20.7 Å². The number of anilines is 1. The van der Waals surface area contributed by atoms with Gasteiger partial charge in [-0.25, -0.2) is 0 Å². The summed E-state index contributed by atoms with van der Waals surface area (Å²) in [6, 6.07) is 12.5. The molecule has 1 amide bonds. The second-order valence-corrected chi connectivity index (χ2v) is 7.46. The lowest BCUT2D eigenvalue weighted by Crippen LogP contribution is -2.36. The largest absolute Gasteiger partial charge is 0.434 e. The number of amides is 1. The lowest BCUT2D eigenvalue weighted by atomic mass is 10.1. The highest BCUT2D eigenvalue weighted by molar-refractivity contribution is 14.0. The maximum Gasteiger partial charge on any atom is 0.387 e. The van der Waals surface area contributed by atoms with Crippen LogP contribution in [0.4, 0.5) is 14.5 Å². The van der Waals surface area contributed by atoms with Gasteiger partial charge < -0.3 is 25.4 Å². The van der Waals surface area contributed by atoms with E-state index in [1.165, 1.54) is 6.07 Å². The van der Waals surface area contributed by atoms with E-state index in [4.69, 9.17) is 4.74 Å². The third-order valence-electron chi connectivity index (χ3n) is 4.98. The summed E-state index contributed by atoms with van der Waals surface area (Å²) in [7, 11) is 1.63. The number of nitrogens with zero attached hydrogens (tertiary/aromatic N) is 1. The monoisotopic (exact) mass is 574 g/mol. The smallest absolute Gasteiger partial charge is 0.387 e. The minimum Gasteiger partial charge on any atom is -0.434 e. The number of carbonyl (C=O) groups is 1. The summed E-state index contributed by atoms with van der Waals surface area (Å²) in [5.41, 5.74) is 3.18. The highest BCUT2D eigenvalue weighted by Crippen LogP contribution is 2.22. The number of guanidine groups is 1. The third kappa shape index (κ3) is 8.43. The molecule has 1 fully saturated rings. The summed E-state index contributed by atoms with van der Waals surface area (Å²) in [5, 5.41) is 9.17. The van der Waals surface area contributed by atoms with Gasteiger partial charge in [0, 0.05) is 38.0 Å². The van der Waals surface area contributed by atoms with Crippen LogP contribution in [0.3, 0.4) is 0 Å². The van der Waals surface area contributed by atoms with E-state index in [0.29, 0.717) is 30.4 Å². The first-order valence-electron chi connectivity index (χ1n) is 10.4. The fourth-order valence-electron chi connectivity index (χ4n) is 3.41. The maximum atomic E-state index is 12.7. The van der Waals surface area contributed by atoms with Gasteiger partial charge >= 0.3 is 6.61 Å². The van der Waals surface area contributed by atoms with Crippen LogP contribution in [-0.2, 0) is 22.6 Å². The number of benzene rings is 2. The highest BCUT2D eigenvalue weighted by atomic mass is 127. The van der Waals surface area contributed by atoms with Crippen LogP contribution in [0.2, 0.25) is 0 Å². The molecule has 1 saturated heterocycles. The van der Waals surface area contributed by atoms with Crippen molar-refractivity contribution < 1.29 is 23.0 Å². The molecule has 0 bridgehead atoms. The van der Waals surface area contributed by atoms with Crippen LogP contribution >= 0.6 is 24.0 Å². The summed E-state index contributed by atoms with van der Waals surface area (Å²) in [4.78, 5) is 16.4. The number of hydrogen-bond donors (Lipinski definition) is 3. The van der Waals surface area contributed by atoms with Gasteiger partial charge in [-0.1, -0.05) is 29.8 Å². The molecule has 7 nitrogen and oxygen atoms in total. The summed E-state index contributed by atoms with van der Waals surface area (Å²) < 4.78 is 35.3. The minimum atomic E-state index is -2.89. The van der Waals surface area contributed by atoms with Crippen molar-refractivity contribution in [3.63, 3.8) is 0 Å². The van der Waals surface area contributed by atoms with E-state index in [2.05, 4.69) is 25.7 Å². The number of halogens is 3. The molecule has 3 N–H and O–H groups in total. The van der Waals surface area contributed by atoms with E-state index in [1.807, 2.05) is 31.2 Å². The van der Waals surface area contributed by atoms with Crippen molar-refractivity contribution in [2.24, 2.45) is 4.99 Å². The van der Waals surface area contributed by atoms with Crippen LogP contribution in [0.25, 0.3) is 0 Å². The number of nitrogens with one attached hydrogen (secondary N) is 3. The van der Waals surface area contributed by atoms with Gasteiger partial charge in [0.15, 0.2) is 5.96 Å². The predicted molar refractivity (Wildman–Crippen MR) is 134 cm³/mol. The van der Waals surface area contributed by atoms with E-state index in [1.54, 1.807) is 19.2 Å². The summed E-state index contributed by atoms with van der Waals surface area (Å²) >= 11 is 0. The van der Waals surface area contributed by atoms with Crippen LogP contribution in [0.1, 0.15) is 29.5 Å². The topological polar surface area (TPSA) is 84.0 Å². The molecule has 0 aliphatic carbocycles. The average Bonchev–Trinajstić information content (AvgIpc) is 3.31. The molecule has 3 rings (SSSR count). The Kier molecular flexibility index (Phi) is 10.8. The number of ether oxygens (including phenoxy) is 2. The number of hydrogen-bond acceptors (Lipinski definition) is 4. The van der Waals surface area contributed by atoms with Gasteiger partial charge in [0.1, 0.15) is 11.9 Å². The first-order valence-corrected chi connectivity index (χ1v) is 10.4. The molecule has 0 aromatic heterocycles. The van der Waals surface area contributed by atoms with Gasteiger partial charge in [0.05, 0.1) is 0 Å². The van der Waals surface area contributed by atoms with Crippen molar-refractivity contribution >= 4 is 41.5 Å². The fourth-order valence-corrected chi connectivity index (χ4v) is 3.41. The number of alkyl halides is 2. The van der Waals surface area contributed by atoms with E-state index >= 15 is 0 Å². The number of carbonyl (C=O) groups excluding carboxylic acids is 1. The van der Waals surface area contributed by atoms with Crippen molar-refractivity contribution in [1.29, 1.82) is 0 Å². The second kappa shape index (κ2) is 13.3. The molecule has 1 unspecified atom stereocenters. The quantitative estimate of drug-likeness (QED) is 0.250. The van der Waals surface area contributed by atoms with Crippen molar-refractivity contribution in [2.45, 2.75) is 45.6 Å². The van der Waals surface area contributed by atoms with Crippen LogP contribution in [0, 0.1) is 6.92 Å². The molecule has 1 heterocycles. The zero-order valence-electron chi connectivity index (χ0n) is 18.6.